The number of amides is 2. The van der Waals surface area contributed by atoms with Gasteiger partial charge >= 0.3 is 12.0 Å². The number of carboxylic acid groups (broad SMARTS) is 1. The van der Waals surface area contributed by atoms with Gasteiger partial charge in [-0.2, -0.15) is 0 Å². The predicted octanol–water partition coefficient (Wildman–Crippen LogP) is 0.833. The Morgan fingerprint density at radius 1 is 1.53 bits per heavy atom. The van der Waals surface area contributed by atoms with Crippen LogP contribution in [0.15, 0.2) is 0 Å². The standard InChI is InChI=1S/C13H25N3O3/c1-10(4-5-12(17)18)14-13(19)16(3)9-11-6-7-15(2)8-11/h10-11H,4-9H2,1-3H3,(H,14,19)(H,17,18). The van der Waals surface area contributed by atoms with Gasteiger partial charge in [0.25, 0.3) is 0 Å². The van der Waals surface area contributed by atoms with Crippen molar-refractivity contribution >= 4 is 12.0 Å². The smallest absolute Gasteiger partial charge is 0.317 e. The number of aliphatic carboxylic acids is 1. The molecule has 0 aromatic carbocycles. The van der Waals surface area contributed by atoms with Crippen LogP contribution >= 0.6 is 0 Å². The normalized spacial score (nSPS) is 21.1. The van der Waals surface area contributed by atoms with E-state index in [-0.39, 0.29) is 18.5 Å². The summed E-state index contributed by atoms with van der Waals surface area (Å²) in [5, 5.41) is 11.4. The summed E-state index contributed by atoms with van der Waals surface area (Å²) in [6.45, 7) is 4.71. The third-order valence-electron chi connectivity index (χ3n) is 3.53. The SMILES string of the molecule is CC(CCC(=O)O)NC(=O)N(C)CC1CCN(C)C1. The molecule has 0 aliphatic carbocycles. The summed E-state index contributed by atoms with van der Waals surface area (Å²) in [6.07, 6.45) is 1.67. The minimum Gasteiger partial charge on any atom is -0.481 e. The lowest BCUT2D eigenvalue weighted by atomic mass is 10.1. The van der Waals surface area contributed by atoms with Gasteiger partial charge in [0.1, 0.15) is 0 Å². The number of carbonyl (C=O) groups excluding carboxylic acids is 1. The summed E-state index contributed by atoms with van der Waals surface area (Å²) in [6, 6.07) is -0.232. The molecule has 1 heterocycles. The molecule has 1 fully saturated rings. The van der Waals surface area contributed by atoms with E-state index >= 15 is 0 Å². The lowest BCUT2D eigenvalue weighted by Crippen LogP contribution is -2.44. The van der Waals surface area contributed by atoms with E-state index in [1.165, 1.54) is 0 Å². The van der Waals surface area contributed by atoms with Crippen LogP contribution in [0.4, 0.5) is 4.79 Å². The summed E-state index contributed by atoms with van der Waals surface area (Å²) < 4.78 is 0. The second-order valence-corrected chi connectivity index (χ2v) is 5.58. The Morgan fingerprint density at radius 3 is 2.74 bits per heavy atom. The molecule has 6 heteroatoms. The number of carboxylic acids is 1. The lowest BCUT2D eigenvalue weighted by molar-refractivity contribution is -0.137. The van der Waals surface area contributed by atoms with Crippen molar-refractivity contribution in [2.45, 2.75) is 32.2 Å². The van der Waals surface area contributed by atoms with Gasteiger partial charge in [-0.3, -0.25) is 4.79 Å². The maximum atomic E-state index is 11.9. The molecule has 6 nitrogen and oxygen atoms in total. The fraction of sp³-hybridized carbons (Fsp3) is 0.846. The summed E-state index contributed by atoms with van der Waals surface area (Å²) in [7, 11) is 3.88. The van der Waals surface area contributed by atoms with Gasteiger partial charge in [-0.1, -0.05) is 0 Å². The minimum absolute atomic E-state index is 0.0819. The Kier molecular flexibility index (Phi) is 6.08. The highest BCUT2D eigenvalue weighted by Gasteiger charge is 2.23. The molecule has 0 aromatic heterocycles. The molecule has 0 bridgehead atoms. The molecule has 1 aliphatic heterocycles. The molecular formula is C13H25N3O3. The summed E-state index contributed by atoms with van der Waals surface area (Å²) in [4.78, 5) is 26.3. The van der Waals surface area contributed by atoms with E-state index in [1.807, 2.05) is 6.92 Å². The van der Waals surface area contributed by atoms with Crippen molar-refractivity contribution in [2.75, 3.05) is 33.7 Å². The minimum atomic E-state index is -0.830. The highest BCUT2D eigenvalue weighted by atomic mass is 16.4. The van der Waals surface area contributed by atoms with E-state index in [4.69, 9.17) is 5.11 Å². The summed E-state index contributed by atoms with van der Waals surface area (Å²) in [5.41, 5.74) is 0. The molecule has 0 saturated carbocycles. The number of nitrogens with zero attached hydrogens (tertiary/aromatic N) is 2. The lowest BCUT2D eigenvalue weighted by Gasteiger charge is -2.23. The molecular weight excluding hydrogens is 246 g/mol. The highest BCUT2D eigenvalue weighted by Crippen LogP contribution is 2.15. The van der Waals surface area contributed by atoms with Gasteiger partial charge in [0, 0.05) is 32.6 Å². The van der Waals surface area contributed by atoms with Gasteiger partial charge in [0.2, 0.25) is 0 Å². The second-order valence-electron chi connectivity index (χ2n) is 5.58. The first-order valence-corrected chi connectivity index (χ1v) is 6.80. The maximum Gasteiger partial charge on any atom is 0.317 e. The third-order valence-corrected chi connectivity index (χ3v) is 3.53. The number of nitrogens with one attached hydrogen (secondary N) is 1. The van der Waals surface area contributed by atoms with E-state index in [0.29, 0.717) is 12.3 Å². The number of urea groups is 1. The van der Waals surface area contributed by atoms with Gasteiger partial charge in [-0.25, -0.2) is 4.79 Å². The summed E-state index contributed by atoms with van der Waals surface area (Å²) in [5.74, 6) is -0.293. The largest absolute Gasteiger partial charge is 0.481 e. The fourth-order valence-corrected chi connectivity index (χ4v) is 2.38. The Morgan fingerprint density at radius 2 is 2.21 bits per heavy atom. The number of hydrogen-bond acceptors (Lipinski definition) is 3. The number of carbonyl (C=O) groups is 2. The fourth-order valence-electron chi connectivity index (χ4n) is 2.38. The molecule has 1 rings (SSSR count). The zero-order valence-corrected chi connectivity index (χ0v) is 12.1. The van der Waals surface area contributed by atoms with Crippen molar-refractivity contribution in [1.29, 1.82) is 0 Å². The van der Waals surface area contributed by atoms with Gasteiger partial charge in [-0.05, 0) is 39.3 Å². The van der Waals surface area contributed by atoms with Crippen molar-refractivity contribution in [1.82, 2.24) is 15.1 Å². The molecule has 0 radical (unpaired) electrons. The molecule has 1 aliphatic rings. The number of rotatable bonds is 6. The first-order valence-electron chi connectivity index (χ1n) is 6.80. The molecule has 2 N–H and O–H groups in total. The van der Waals surface area contributed by atoms with Gasteiger partial charge in [0.05, 0.1) is 0 Å². The zero-order chi connectivity index (χ0) is 14.4. The van der Waals surface area contributed by atoms with Crippen LogP contribution < -0.4 is 5.32 Å². The van der Waals surface area contributed by atoms with Crippen LogP contribution in [0, 0.1) is 5.92 Å². The third kappa shape index (κ3) is 5.92. The second kappa shape index (κ2) is 7.33. The van der Waals surface area contributed by atoms with Crippen LogP contribution in [0.2, 0.25) is 0 Å². The van der Waals surface area contributed by atoms with E-state index < -0.39 is 5.97 Å². The molecule has 1 saturated heterocycles. The molecule has 0 spiro atoms. The maximum absolute atomic E-state index is 11.9. The Hall–Kier alpha value is -1.30. The predicted molar refractivity (Wildman–Crippen MR) is 73.1 cm³/mol. The number of likely N-dealkylation sites (tertiary alicyclic amines) is 1. The van der Waals surface area contributed by atoms with Crippen LogP contribution in [-0.2, 0) is 4.79 Å². The van der Waals surface area contributed by atoms with E-state index in [9.17, 15) is 9.59 Å². The Bertz CT molecular complexity index is 322. The van der Waals surface area contributed by atoms with Crippen LogP contribution in [0.5, 0.6) is 0 Å². The van der Waals surface area contributed by atoms with Crippen LogP contribution in [0.25, 0.3) is 0 Å². The van der Waals surface area contributed by atoms with E-state index in [0.717, 1.165) is 26.1 Å². The molecule has 110 valence electrons. The molecule has 0 aromatic rings. The Balaban J connectivity index is 2.26. The number of hydrogen-bond donors (Lipinski definition) is 2. The molecule has 2 amide bonds. The van der Waals surface area contributed by atoms with Crippen LogP contribution in [0.3, 0.4) is 0 Å². The van der Waals surface area contributed by atoms with Crippen molar-refractivity contribution < 1.29 is 14.7 Å². The van der Waals surface area contributed by atoms with Gasteiger partial charge in [0.15, 0.2) is 0 Å². The first-order chi connectivity index (χ1) is 8.88. The van der Waals surface area contributed by atoms with Crippen molar-refractivity contribution in [3.05, 3.63) is 0 Å². The monoisotopic (exact) mass is 271 g/mol. The van der Waals surface area contributed by atoms with Gasteiger partial charge < -0.3 is 20.2 Å². The quantitative estimate of drug-likeness (QED) is 0.750. The molecule has 2 atom stereocenters. The van der Waals surface area contributed by atoms with Crippen molar-refractivity contribution in [2.24, 2.45) is 5.92 Å². The van der Waals surface area contributed by atoms with Crippen LogP contribution in [0.1, 0.15) is 26.2 Å². The molecule has 19 heavy (non-hydrogen) atoms. The first kappa shape index (κ1) is 15.8. The molecule has 2 unspecified atom stereocenters. The average Bonchev–Trinajstić information content (AvgIpc) is 2.72. The van der Waals surface area contributed by atoms with E-state index in [1.54, 1.807) is 11.9 Å². The van der Waals surface area contributed by atoms with Crippen molar-refractivity contribution in [3.63, 3.8) is 0 Å². The van der Waals surface area contributed by atoms with Crippen molar-refractivity contribution in [3.8, 4) is 0 Å². The van der Waals surface area contributed by atoms with E-state index in [2.05, 4.69) is 17.3 Å². The van der Waals surface area contributed by atoms with Crippen LogP contribution in [-0.4, -0.2) is 66.7 Å². The topological polar surface area (TPSA) is 72.9 Å². The Labute approximate surface area is 114 Å². The summed E-state index contributed by atoms with van der Waals surface area (Å²) >= 11 is 0. The van der Waals surface area contributed by atoms with Gasteiger partial charge in [-0.15, -0.1) is 0 Å². The highest BCUT2D eigenvalue weighted by molar-refractivity contribution is 5.74. The zero-order valence-electron chi connectivity index (χ0n) is 12.1. The average molecular weight is 271 g/mol.